The maximum atomic E-state index is 12.4. The molecule has 4 nitrogen and oxygen atoms in total. The van der Waals surface area contributed by atoms with Crippen LogP contribution in [-0.2, 0) is 6.42 Å². The van der Waals surface area contributed by atoms with Crippen LogP contribution < -0.4 is 4.90 Å². The zero-order valence-corrected chi connectivity index (χ0v) is 13.7. The average molecular weight is 319 g/mol. The van der Waals surface area contributed by atoms with E-state index in [0.29, 0.717) is 12.0 Å². The van der Waals surface area contributed by atoms with Crippen LogP contribution in [0.1, 0.15) is 40.9 Å². The first-order valence-corrected chi connectivity index (χ1v) is 8.67. The number of carbonyl (C=O) groups excluding carboxylic acids is 1. The monoisotopic (exact) mass is 319 g/mol. The maximum absolute atomic E-state index is 12.4. The van der Waals surface area contributed by atoms with Crippen LogP contribution >= 0.6 is 0 Å². The van der Waals surface area contributed by atoms with Crippen LogP contribution in [0.15, 0.2) is 42.6 Å². The summed E-state index contributed by atoms with van der Waals surface area (Å²) in [5.41, 5.74) is 2.78. The Balaban J connectivity index is 1.55. The van der Waals surface area contributed by atoms with Gasteiger partial charge in [-0.2, -0.15) is 0 Å². The topological polar surface area (TPSA) is 46.1 Å². The van der Waals surface area contributed by atoms with Crippen molar-refractivity contribution >= 4 is 17.8 Å². The molecule has 0 saturated carbocycles. The fraction of sp³-hybridized carbons (Fsp3) is 0.350. The number of anilines is 1. The summed E-state index contributed by atoms with van der Waals surface area (Å²) in [7, 11) is 0. The molecule has 0 radical (unpaired) electrons. The molecule has 4 heteroatoms. The highest BCUT2D eigenvalue weighted by atomic mass is 16.1. The highest BCUT2D eigenvalue weighted by Crippen LogP contribution is 2.27. The van der Waals surface area contributed by atoms with Gasteiger partial charge < -0.3 is 4.90 Å². The number of allylic oxidation sites excluding steroid dienone is 1. The molecule has 2 aliphatic rings. The van der Waals surface area contributed by atoms with Gasteiger partial charge in [-0.3, -0.25) is 4.79 Å². The van der Waals surface area contributed by atoms with E-state index < -0.39 is 0 Å². The van der Waals surface area contributed by atoms with Crippen molar-refractivity contribution in [2.45, 2.75) is 25.7 Å². The minimum atomic E-state index is 0.159. The van der Waals surface area contributed by atoms with Gasteiger partial charge in [-0.1, -0.05) is 42.5 Å². The molecule has 0 N–H and O–H groups in total. The first-order valence-electron chi connectivity index (χ1n) is 8.67. The lowest BCUT2D eigenvalue weighted by Gasteiger charge is -2.22. The van der Waals surface area contributed by atoms with Crippen molar-refractivity contribution < 1.29 is 4.79 Å². The molecule has 2 heterocycles. The molecule has 1 fully saturated rings. The highest BCUT2D eigenvalue weighted by Gasteiger charge is 2.26. The van der Waals surface area contributed by atoms with Crippen LogP contribution in [0.5, 0.6) is 0 Å². The molecule has 1 aliphatic carbocycles. The van der Waals surface area contributed by atoms with E-state index in [2.05, 4.69) is 34.2 Å². The molecule has 24 heavy (non-hydrogen) atoms. The number of ketones is 1. The Labute approximate surface area is 142 Å². The number of rotatable bonds is 3. The van der Waals surface area contributed by atoms with E-state index in [0.717, 1.165) is 36.7 Å². The number of benzene rings is 1. The second-order valence-corrected chi connectivity index (χ2v) is 6.59. The molecule has 0 spiro atoms. The van der Waals surface area contributed by atoms with Crippen molar-refractivity contribution in [2.75, 3.05) is 18.0 Å². The lowest BCUT2D eigenvalue weighted by atomic mass is 9.86. The molecule has 0 bridgehead atoms. The first kappa shape index (κ1) is 15.1. The molecule has 2 aromatic rings. The second kappa shape index (κ2) is 6.56. The Morgan fingerprint density at radius 3 is 2.67 bits per heavy atom. The summed E-state index contributed by atoms with van der Waals surface area (Å²) in [6.45, 7) is 2.04. The van der Waals surface area contributed by atoms with Gasteiger partial charge >= 0.3 is 0 Å². The molecule has 4 rings (SSSR count). The molecule has 1 atom stereocenters. The molecule has 1 unspecified atom stereocenters. The summed E-state index contributed by atoms with van der Waals surface area (Å²) in [5, 5.41) is 0. The summed E-state index contributed by atoms with van der Waals surface area (Å²) in [4.78, 5) is 23.8. The summed E-state index contributed by atoms with van der Waals surface area (Å²) in [6.07, 6.45) is 9.73. The zero-order chi connectivity index (χ0) is 16.4. The van der Waals surface area contributed by atoms with E-state index in [1.807, 2.05) is 18.2 Å². The summed E-state index contributed by atoms with van der Waals surface area (Å²) >= 11 is 0. The van der Waals surface area contributed by atoms with Gasteiger partial charge in [0.25, 0.3) is 0 Å². The third-order valence-corrected chi connectivity index (χ3v) is 4.81. The smallest absolute Gasteiger partial charge is 0.225 e. The van der Waals surface area contributed by atoms with Crippen molar-refractivity contribution in [1.82, 2.24) is 9.97 Å². The quantitative estimate of drug-likeness (QED) is 0.868. The Morgan fingerprint density at radius 1 is 1.08 bits per heavy atom. The van der Waals surface area contributed by atoms with E-state index in [9.17, 15) is 4.79 Å². The van der Waals surface area contributed by atoms with Gasteiger partial charge in [0.15, 0.2) is 5.78 Å². The van der Waals surface area contributed by atoms with E-state index in [1.165, 1.54) is 12.8 Å². The van der Waals surface area contributed by atoms with Crippen molar-refractivity contribution in [2.24, 2.45) is 5.92 Å². The largest absolute Gasteiger partial charge is 0.341 e. The molecule has 1 aromatic carbocycles. The number of nitrogens with zero attached hydrogens (tertiary/aromatic N) is 3. The SMILES string of the molecule is O=C1CC(C=Cc2ccccc2)Cc2nc(N3CCCC3)ncc21. The number of hydrogen-bond donors (Lipinski definition) is 0. The van der Waals surface area contributed by atoms with Crippen molar-refractivity contribution in [3.63, 3.8) is 0 Å². The molecular formula is C20H21N3O. The van der Waals surface area contributed by atoms with Gasteiger partial charge in [0, 0.05) is 25.7 Å². The Bertz CT molecular complexity index is 764. The molecule has 122 valence electrons. The number of Topliss-reactive ketones (excluding diaryl/α,β-unsaturated/α-hetero) is 1. The van der Waals surface area contributed by atoms with Crippen LogP contribution in [0.25, 0.3) is 6.08 Å². The van der Waals surface area contributed by atoms with Crippen LogP contribution in [0.3, 0.4) is 0 Å². The van der Waals surface area contributed by atoms with Gasteiger partial charge in [0.2, 0.25) is 5.95 Å². The maximum Gasteiger partial charge on any atom is 0.225 e. The van der Waals surface area contributed by atoms with Gasteiger partial charge in [0.05, 0.1) is 11.3 Å². The van der Waals surface area contributed by atoms with E-state index in [4.69, 9.17) is 4.98 Å². The van der Waals surface area contributed by atoms with E-state index in [1.54, 1.807) is 6.20 Å². The third kappa shape index (κ3) is 3.09. The van der Waals surface area contributed by atoms with Crippen LogP contribution in [0, 0.1) is 5.92 Å². The van der Waals surface area contributed by atoms with Gasteiger partial charge in [-0.25, -0.2) is 9.97 Å². The number of carbonyl (C=O) groups is 1. The number of aromatic nitrogens is 2. The summed E-state index contributed by atoms with van der Waals surface area (Å²) in [6, 6.07) is 10.2. The Hall–Kier alpha value is -2.49. The highest BCUT2D eigenvalue weighted by molar-refractivity contribution is 5.98. The van der Waals surface area contributed by atoms with Gasteiger partial charge in [-0.15, -0.1) is 0 Å². The second-order valence-electron chi connectivity index (χ2n) is 6.59. The van der Waals surface area contributed by atoms with Crippen LogP contribution in [-0.4, -0.2) is 28.8 Å². The fourth-order valence-corrected chi connectivity index (χ4v) is 3.48. The molecular weight excluding hydrogens is 298 g/mol. The normalized spacial score (nSPS) is 20.6. The zero-order valence-electron chi connectivity index (χ0n) is 13.7. The summed E-state index contributed by atoms with van der Waals surface area (Å²) in [5.74, 6) is 1.16. The molecule has 1 saturated heterocycles. The van der Waals surface area contributed by atoms with Crippen LogP contribution in [0.4, 0.5) is 5.95 Å². The van der Waals surface area contributed by atoms with Crippen molar-refractivity contribution in [3.8, 4) is 0 Å². The van der Waals surface area contributed by atoms with E-state index >= 15 is 0 Å². The molecule has 1 aliphatic heterocycles. The van der Waals surface area contributed by atoms with Gasteiger partial charge in [-0.05, 0) is 30.7 Å². The lowest BCUT2D eigenvalue weighted by Crippen LogP contribution is -2.25. The minimum absolute atomic E-state index is 0.159. The van der Waals surface area contributed by atoms with Crippen molar-refractivity contribution in [1.29, 1.82) is 0 Å². The fourth-order valence-electron chi connectivity index (χ4n) is 3.48. The Kier molecular flexibility index (Phi) is 4.11. The van der Waals surface area contributed by atoms with Gasteiger partial charge in [0.1, 0.15) is 0 Å². The third-order valence-electron chi connectivity index (χ3n) is 4.81. The van der Waals surface area contributed by atoms with E-state index in [-0.39, 0.29) is 11.7 Å². The average Bonchev–Trinajstić information content (AvgIpc) is 3.15. The lowest BCUT2D eigenvalue weighted by molar-refractivity contribution is 0.0957. The molecule has 0 amide bonds. The predicted molar refractivity (Wildman–Crippen MR) is 95.1 cm³/mol. The number of fused-ring (bicyclic) bond motifs is 1. The standard InChI is InChI=1S/C20H21N3O/c24-19-13-16(9-8-15-6-2-1-3-7-15)12-18-17(19)14-21-20(22-18)23-10-4-5-11-23/h1-3,6-9,14,16H,4-5,10-13H2. The predicted octanol–water partition coefficient (Wildman–Crippen LogP) is 3.54. The summed E-state index contributed by atoms with van der Waals surface area (Å²) < 4.78 is 0. The van der Waals surface area contributed by atoms with Crippen LogP contribution in [0.2, 0.25) is 0 Å². The number of hydrogen-bond acceptors (Lipinski definition) is 4. The first-order chi connectivity index (χ1) is 11.8. The van der Waals surface area contributed by atoms with Crippen molar-refractivity contribution in [3.05, 3.63) is 59.4 Å². The molecule has 1 aromatic heterocycles. The Morgan fingerprint density at radius 2 is 1.88 bits per heavy atom. The minimum Gasteiger partial charge on any atom is -0.341 e.